The molecule has 3 heterocycles. The molecule has 128 valence electrons. The maximum atomic E-state index is 9.35. The second-order valence-electron chi connectivity index (χ2n) is 6.84. The zero-order valence-corrected chi connectivity index (χ0v) is 14.2. The first-order chi connectivity index (χ1) is 11.2. The van der Waals surface area contributed by atoms with Crippen molar-refractivity contribution in [3.05, 3.63) is 18.3 Å². The van der Waals surface area contributed by atoms with Crippen LogP contribution in [0, 0.1) is 0 Å². The van der Waals surface area contributed by atoms with Gasteiger partial charge in [-0.3, -0.25) is 4.90 Å². The number of rotatable bonds is 7. The molecule has 3 rings (SSSR count). The molecule has 0 amide bonds. The lowest BCUT2D eigenvalue weighted by molar-refractivity contribution is 0.169. The van der Waals surface area contributed by atoms with Crippen molar-refractivity contribution in [3.8, 4) is 5.75 Å². The number of hydrogen-bond donors (Lipinski definition) is 1. The fraction of sp³-hybridized carbons (Fsp3) is 0.722. The van der Waals surface area contributed by atoms with Crippen LogP contribution in [-0.4, -0.2) is 59.9 Å². The van der Waals surface area contributed by atoms with E-state index in [2.05, 4.69) is 20.9 Å². The van der Waals surface area contributed by atoms with Crippen molar-refractivity contribution >= 4 is 5.82 Å². The second-order valence-corrected chi connectivity index (χ2v) is 6.84. The van der Waals surface area contributed by atoms with Gasteiger partial charge in [0, 0.05) is 32.4 Å². The minimum Gasteiger partial charge on any atom is -0.485 e. The first-order valence-corrected chi connectivity index (χ1v) is 8.99. The van der Waals surface area contributed by atoms with Crippen LogP contribution in [0.1, 0.15) is 39.0 Å². The van der Waals surface area contributed by atoms with Crippen molar-refractivity contribution in [1.29, 1.82) is 0 Å². The lowest BCUT2D eigenvalue weighted by atomic mass is 10.2. The van der Waals surface area contributed by atoms with Crippen LogP contribution in [0.25, 0.3) is 0 Å². The number of pyridine rings is 1. The van der Waals surface area contributed by atoms with Crippen LogP contribution in [0.3, 0.4) is 0 Å². The van der Waals surface area contributed by atoms with Gasteiger partial charge in [0.2, 0.25) is 0 Å². The third-order valence-corrected chi connectivity index (χ3v) is 4.78. The largest absolute Gasteiger partial charge is 0.485 e. The number of anilines is 1. The molecule has 0 bridgehead atoms. The number of nitrogens with zero attached hydrogens (tertiary/aromatic N) is 3. The monoisotopic (exact) mass is 319 g/mol. The second kappa shape index (κ2) is 7.97. The number of aromatic nitrogens is 1. The van der Waals surface area contributed by atoms with E-state index in [9.17, 15) is 5.11 Å². The Morgan fingerprint density at radius 2 is 2.17 bits per heavy atom. The lowest BCUT2D eigenvalue weighted by Gasteiger charge is -2.22. The topological polar surface area (TPSA) is 48.8 Å². The summed E-state index contributed by atoms with van der Waals surface area (Å²) >= 11 is 0. The lowest BCUT2D eigenvalue weighted by Crippen LogP contribution is -2.27. The van der Waals surface area contributed by atoms with Crippen LogP contribution < -0.4 is 9.64 Å². The molecule has 2 aliphatic rings. The quantitative estimate of drug-likeness (QED) is 0.836. The van der Waals surface area contributed by atoms with E-state index in [1.54, 1.807) is 0 Å². The number of aliphatic hydroxyl groups is 1. The summed E-state index contributed by atoms with van der Waals surface area (Å²) < 4.78 is 6.28. The van der Waals surface area contributed by atoms with Gasteiger partial charge in [-0.2, -0.15) is 0 Å². The molecule has 0 unspecified atom stereocenters. The Bertz CT molecular complexity index is 489. The van der Waals surface area contributed by atoms with Crippen LogP contribution in [0.5, 0.6) is 5.75 Å². The first-order valence-electron chi connectivity index (χ1n) is 8.99. The zero-order valence-electron chi connectivity index (χ0n) is 14.2. The number of likely N-dealkylation sites (tertiary alicyclic amines) is 1. The summed E-state index contributed by atoms with van der Waals surface area (Å²) in [6.45, 7) is 7.15. The predicted molar refractivity (Wildman–Crippen MR) is 92.1 cm³/mol. The third kappa shape index (κ3) is 4.58. The number of hydrogen-bond acceptors (Lipinski definition) is 5. The molecule has 2 aliphatic heterocycles. The Balaban J connectivity index is 1.52. The van der Waals surface area contributed by atoms with Gasteiger partial charge in [-0.15, -0.1) is 0 Å². The standard InChI is InChI=1S/C18H29N3O2/c1-15(22)6-5-10-20-13-8-16(14-20)23-17-7-4-9-19-18(17)21-11-2-3-12-21/h4,7,9,15-16,22H,2-3,5-6,8,10-14H2,1H3/t15-,16-/m0/s1. The van der Waals surface area contributed by atoms with Gasteiger partial charge in [0.1, 0.15) is 6.10 Å². The molecule has 1 aromatic rings. The highest BCUT2D eigenvalue weighted by Gasteiger charge is 2.26. The van der Waals surface area contributed by atoms with Crippen molar-refractivity contribution in [2.75, 3.05) is 37.6 Å². The molecular formula is C18H29N3O2. The molecule has 5 nitrogen and oxygen atoms in total. The van der Waals surface area contributed by atoms with Gasteiger partial charge in [0.15, 0.2) is 11.6 Å². The van der Waals surface area contributed by atoms with Gasteiger partial charge >= 0.3 is 0 Å². The molecular weight excluding hydrogens is 290 g/mol. The van der Waals surface area contributed by atoms with E-state index >= 15 is 0 Å². The van der Waals surface area contributed by atoms with Gasteiger partial charge < -0.3 is 14.7 Å². The fourth-order valence-electron chi connectivity index (χ4n) is 3.53. The first kappa shape index (κ1) is 16.5. The minimum atomic E-state index is -0.192. The summed E-state index contributed by atoms with van der Waals surface area (Å²) in [4.78, 5) is 9.33. The Morgan fingerprint density at radius 3 is 2.96 bits per heavy atom. The van der Waals surface area contributed by atoms with E-state index in [1.807, 2.05) is 19.2 Å². The molecule has 0 radical (unpaired) electrons. The minimum absolute atomic E-state index is 0.192. The van der Waals surface area contributed by atoms with E-state index in [4.69, 9.17) is 4.74 Å². The summed E-state index contributed by atoms with van der Waals surface area (Å²) in [7, 11) is 0. The normalized spacial score (nSPS) is 23.4. The fourth-order valence-corrected chi connectivity index (χ4v) is 3.53. The molecule has 0 aliphatic carbocycles. The predicted octanol–water partition coefficient (Wildman–Crippen LogP) is 2.30. The maximum absolute atomic E-state index is 9.35. The smallest absolute Gasteiger partial charge is 0.171 e. The van der Waals surface area contributed by atoms with Crippen molar-refractivity contribution in [1.82, 2.24) is 9.88 Å². The Labute approximate surface area is 139 Å². The highest BCUT2D eigenvalue weighted by atomic mass is 16.5. The highest BCUT2D eigenvalue weighted by molar-refractivity contribution is 5.52. The van der Waals surface area contributed by atoms with Crippen molar-refractivity contribution in [2.24, 2.45) is 0 Å². The summed E-state index contributed by atoms with van der Waals surface area (Å²) in [5, 5.41) is 9.35. The molecule has 1 aromatic heterocycles. The Hall–Kier alpha value is -1.33. The maximum Gasteiger partial charge on any atom is 0.171 e. The number of ether oxygens (including phenoxy) is 1. The van der Waals surface area contributed by atoms with Crippen LogP contribution >= 0.6 is 0 Å². The molecule has 23 heavy (non-hydrogen) atoms. The molecule has 0 aromatic carbocycles. The molecule has 0 spiro atoms. The van der Waals surface area contributed by atoms with Crippen LogP contribution in [0.15, 0.2) is 18.3 Å². The Kier molecular flexibility index (Phi) is 5.73. The average molecular weight is 319 g/mol. The summed E-state index contributed by atoms with van der Waals surface area (Å²) in [5.74, 6) is 1.95. The zero-order chi connectivity index (χ0) is 16.1. The van der Waals surface area contributed by atoms with Gasteiger partial charge in [-0.25, -0.2) is 4.98 Å². The summed E-state index contributed by atoms with van der Waals surface area (Å²) in [6, 6.07) is 4.01. The molecule has 0 saturated carbocycles. The van der Waals surface area contributed by atoms with E-state index in [1.165, 1.54) is 12.8 Å². The van der Waals surface area contributed by atoms with E-state index in [-0.39, 0.29) is 12.2 Å². The van der Waals surface area contributed by atoms with Crippen LogP contribution in [0.4, 0.5) is 5.82 Å². The van der Waals surface area contributed by atoms with E-state index in [0.29, 0.717) is 0 Å². The van der Waals surface area contributed by atoms with Gasteiger partial charge in [0.25, 0.3) is 0 Å². The van der Waals surface area contributed by atoms with Crippen molar-refractivity contribution < 1.29 is 9.84 Å². The van der Waals surface area contributed by atoms with E-state index in [0.717, 1.165) is 63.6 Å². The van der Waals surface area contributed by atoms with Crippen molar-refractivity contribution in [3.63, 3.8) is 0 Å². The summed E-state index contributed by atoms with van der Waals surface area (Å²) in [5.41, 5.74) is 0. The third-order valence-electron chi connectivity index (χ3n) is 4.78. The molecule has 2 fully saturated rings. The molecule has 5 heteroatoms. The number of aliphatic hydroxyl groups excluding tert-OH is 1. The average Bonchev–Trinajstić information content (AvgIpc) is 3.19. The van der Waals surface area contributed by atoms with Gasteiger partial charge in [-0.05, 0) is 57.7 Å². The molecule has 2 saturated heterocycles. The van der Waals surface area contributed by atoms with Gasteiger partial charge in [0.05, 0.1) is 6.10 Å². The molecule has 1 N–H and O–H groups in total. The highest BCUT2D eigenvalue weighted by Crippen LogP contribution is 2.30. The van der Waals surface area contributed by atoms with Crippen LogP contribution in [0.2, 0.25) is 0 Å². The SMILES string of the molecule is C[C@H](O)CCCN1CC[C@H](Oc2cccnc2N2CCCC2)C1. The van der Waals surface area contributed by atoms with Crippen molar-refractivity contribution in [2.45, 2.75) is 51.2 Å². The Morgan fingerprint density at radius 1 is 1.35 bits per heavy atom. The summed E-state index contributed by atoms with van der Waals surface area (Å²) in [6.07, 6.45) is 7.42. The molecule has 2 atom stereocenters. The van der Waals surface area contributed by atoms with E-state index < -0.39 is 0 Å². The van der Waals surface area contributed by atoms with Crippen LogP contribution in [-0.2, 0) is 0 Å². The van der Waals surface area contributed by atoms with Gasteiger partial charge in [-0.1, -0.05) is 0 Å².